The molecule has 0 aliphatic heterocycles. The number of benzene rings is 2. The highest BCUT2D eigenvalue weighted by molar-refractivity contribution is 7.80. The highest BCUT2D eigenvalue weighted by Gasteiger charge is 2.35. The van der Waals surface area contributed by atoms with E-state index < -0.39 is 30.3 Å². The zero-order valence-corrected chi connectivity index (χ0v) is 22.5. The van der Waals surface area contributed by atoms with Crippen molar-refractivity contribution in [3.63, 3.8) is 0 Å². The number of amides is 2. The molecule has 4 unspecified atom stereocenters. The van der Waals surface area contributed by atoms with E-state index in [0.717, 1.165) is 18.4 Å². The average molecular weight is 517 g/mol. The van der Waals surface area contributed by atoms with Gasteiger partial charge in [-0.2, -0.15) is 12.6 Å². The van der Waals surface area contributed by atoms with Crippen LogP contribution >= 0.6 is 12.6 Å². The maximum absolute atomic E-state index is 13.3. The second kappa shape index (κ2) is 14.4. The number of hydrogen-bond donors (Lipinski definition) is 5. The molecule has 0 aliphatic rings. The molecule has 0 bridgehead atoms. The lowest BCUT2D eigenvalue weighted by Crippen LogP contribution is -2.52. The Balaban J connectivity index is 2.36. The van der Waals surface area contributed by atoms with Gasteiger partial charge in [0, 0.05) is 29.5 Å². The van der Waals surface area contributed by atoms with Crippen LogP contribution in [0.15, 0.2) is 48.5 Å². The van der Waals surface area contributed by atoms with E-state index in [1.54, 1.807) is 61.2 Å². The van der Waals surface area contributed by atoms with Crippen molar-refractivity contribution in [3.8, 4) is 0 Å². The fraction of sp³-hybridized carbons (Fsp3) is 0.500. The average Bonchev–Trinajstić information content (AvgIpc) is 2.85. The highest BCUT2D eigenvalue weighted by Crippen LogP contribution is 2.23. The van der Waals surface area contributed by atoms with Crippen molar-refractivity contribution in [1.82, 2.24) is 10.2 Å². The largest absolute Gasteiger partial charge is 0.390 e. The zero-order valence-electron chi connectivity index (χ0n) is 21.6. The van der Waals surface area contributed by atoms with Gasteiger partial charge >= 0.3 is 0 Å². The van der Waals surface area contributed by atoms with E-state index in [1.807, 2.05) is 13.8 Å². The first-order chi connectivity index (χ1) is 17.1. The van der Waals surface area contributed by atoms with Crippen molar-refractivity contribution in [1.29, 1.82) is 0 Å². The second-order valence-corrected chi connectivity index (χ2v) is 10.3. The fourth-order valence-corrected chi connectivity index (χ4v) is 4.46. The SMILES string of the molecule is CCCN(CCC)C(=O)c1cc(C)cc(C(=O)NC(C(O)c2ccccc2)C(O)C(O)C[C@H](C)S)c1. The maximum Gasteiger partial charge on any atom is 0.253 e. The van der Waals surface area contributed by atoms with Gasteiger partial charge in [-0.05, 0) is 55.5 Å². The van der Waals surface area contributed by atoms with Crippen LogP contribution < -0.4 is 5.32 Å². The number of aryl methyl sites for hydroxylation is 1. The van der Waals surface area contributed by atoms with Crippen molar-refractivity contribution in [2.24, 2.45) is 0 Å². The highest BCUT2D eigenvalue weighted by atomic mass is 32.1. The lowest BCUT2D eigenvalue weighted by molar-refractivity contribution is -0.0396. The first kappa shape index (κ1) is 29.8. The van der Waals surface area contributed by atoms with Crippen LogP contribution in [0.2, 0.25) is 0 Å². The Hall–Kier alpha value is -2.39. The van der Waals surface area contributed by atoms with Crippen LogP contribution in [0.3, 0.4) is 0 Å². The van der Waals surface area contributed by atoms with Gasteiger partial charge in [0.05, 0.1) is 12.1 Å². The Morgan fingerprint density at radius 3 is 2.11 bits per heavy atom. The van der Waals surface area contributed by atoms with Gasteiger partial charge in [0.2, 0.25) is 0 Å². The smallest absolute Gasteiger partial charge is 0.253 e. The summed E-state index contributed by atoms with van der Waals surface area (Å²) in [7, 11) is 0. The minimum atomic E-state index is -1.45. The Labute approximate surface area is 219 Å². The van der Waals surface area contributed by atoms with Crippen LogP contribution in [-0.2, 0) is 0 Å². The summed E-state index contributed by atoms with van der Waals surface area (Å²) in [4.78, 5) is 28.2. The van der Waals surface area contributed by atoms with Crippen LogP contribution in [0.4, 0.5) is 0 Å². The Morgan fingerprint density at radius 2 is 1.56 bits per heavy atom. The van der Waals surface area contributed by atoms with E-state index in [2.05, 4.69) is 17.9 Å². The molecule has 4 N–H and O–H groups in total. The van der Waals surface area contributed by atoms with Crippen LogP contribution in [-0.4, -0.2) is 68.6 Å². The monoisotopic (exact) mass is 516 g/mol. The summed E-state index contributed by atoms with van der Waals surface area (Å²) in [5, 5.41) is 35.0. The molecule has 198 valence electrons. The topological polar surface area (TPSA) is 110 Å². The van der Waals surface area contributed by atoms with Gasteiger partial charge in [-0.1, -0.05) is 51.1 Å². The molecule has 0 aliphatic carbocycles. The minimum Gasteiger partial charge on any atom is -0.390 e. The molecule has 2 rings (SSSR count). The second-order valence-electron chi connectivity index (χ2n) is 9.38. The van der Waals surface area contributed by atoms with Crippen molar-refractivity contribution >= 4 is 24.4 Å². The number of carbonyl (C=O) groups is 2. The first-order valence-corrected chi connectivity index (χ1v) is 13.1. The third kappa shape index (κ3) is 8.34. The van der Waals surface area contributed by atoms with E-state index >= 15 is 0 Å². The molecule has 7 nitrogen and oxygen atoms in total. The molecule has 0 fully saturated rings. The van der Waals surface area contributed by atoms with Crippen molar-refractivity contribution in [2.75, 3.05) is 13.1 Å². The Kier molecular flexibility index (Phi) is 11.9. The number of thiol groups is 1. The molecule has 0 spiro atoms. The number of aliphatic hydroxyl groups excluding tert-OH is 3. The number of rotatable bonds is 13. The lowest BCUT2D eigenvalue weighted by atomic mass is 9.92. The molecule has 8 heteroatoms. The lowest BCUT2D eigenvalue weighted by Gasteiger charge is -2.32. The molecule has 2 aromatic rings. The van der Waals surface area contributed by atoms with E-state index in [-0.39, 0.29) is 23.1 Å². The molecule has 0 aromatic heterocycles. The molecule has 5 atom stereocenters. The zero-order chi connectivity index (χ0) is 26.8. The third-order valence-corrected chi connectivity index (χ3v) is 6.20. The molecule has 0 radical (unpaired) electrons. The summed E-state index contributed by atoms with van der Waals surface area (Å²) in [5.74, 6) is -0.703. The van der Waals surface area contributed by atoms with Crippen LogP contribution in [0, 0.1) is 6.92 Å². The Morgan fingerprint density at radius 1 is 0.972 bits per heavy atom. The molecule has 0 saturated heterocycles. The van der Waals surface area contributed by atoms with E-state index in [0.29, 0.717) is 24.2 Å². The van der Waals surface area contributed by atoms with E-state index in [4.69, 9.17) is 0 Å². The first-order valence-electron chi connectivity index (χ1n) is 12.6. The van der Waals surface area contributed by atoms with Crippen molar-refractivity contribution < 1.29 is 24.9 Å². The summed E-state index contributed by atoms with van der Waals surface area (Å²) in [5.41, 5.74) is 1.87. The summed E-state index contributed by atoms with van der Waals surface area (Å²) in [6, 6.07) is 12.4. The van der Waals surface area contributed by atoms with Gasteiger partial charge in [-0.25, -0.2) is 0 Å². The predicted molar refractivity (Wildman–Crippen MR) is 145 cm³/mol. The normalized spacial score (nSPS) is 15.4. The fourth-order valence-electron chi connectivity index (χ4n) is 4.25. The van der Waals surface area contributed by atoms with Crippen molar-refractivity contribution in [2.45, 2.75) is 76.6 Å². The van der Waals surface area contributed by atoms with E-state index in [9.17, 15) is 24.9 Å². The van der Waals surface area contributed by atoms with Gasteiger partial charge in [-0.15, -0.1) is 0 Å². The molecule has 0 saturated carbocycles. The van der Waals surface area contributed by atoms with Gasteiger partial charge in [0.25, 0.3) is 11.8 Å². The molecule has 2 aromatic carbocycles. The van der Waals surface area contributed by atoms with Crippen LogP contribution in [0.1, 0.15) is 78.0 Å². The number of aliphatic hydroxyl groups is 3. The molecule has 36 heavy (non-hydrogen) atoms. The maximum atomic E-state index is 13.3. The van der Waals surface area contributed by atoms with Crippen LogP contribution in [0.5, 0.6) is 0 Å². The van der Waals surface area contributed by atoms with Crippen LogP contribution in [0.25, 0.3) is 0 Å². The quantitative estimate of drug-likeness (QED) is 0.262. The number of hydrogen-bond acceptors (Lipinski definition) is 6. The molecule has 0 heterocycles. The summed E-state index contributed by atoms with van der Waals surface area (Å²) in [6.07, 6.45) is -2.11. The molecular weight excluding hydrogens is 476 g/mol. The van der Waals surface area contributed by atoms with Gasteiger partial charge in [-0.3, -0.25) is 9.59 Å². The van der Waals surface area contributed by atoms with Gasteiger partial charge in [0.15, 0.2) is 0 Å². The molecular formula is C28H40N2O5S. The van der Waals surface area contributed by atoms with Gasteiger partial charge < -0.3 is 25.5 Å². The number of nitrogens with one attached hydrogen (secondary N) is 1. The molecule has 2 amide bonds. The summed E-state index contributed by atoms with van der Waals surface area (Å²) in [6.45, 7) is 8.86. The standard InChI is InChI=1S/C28H40N2O5S/c1-5-12-30(13-6-2)28(35)22-15-18(3)14-21(17-22)27(34)29-24(26(33)23(31)16-19(4)36)25(32)20-10-8-7-9-11-20/h7-11,14-15,17,19,23-26,31-33,36H,5-6,12-13,16H2,1-4H3,(H,29,34)/t19-,23?,24?,25?,26?/m0/s1. The predicted octanol–water partition coefficient (Wildman–Crippen LogP) is 3.52. The Bertz CT molecular complexity index is 979. The minimum absolute atomic E-state index is 0.143. The number of nitrogens with zero attached hydrogens (tertiary/aromatic N) is 1. The summed E-state index contributed by atoms with van der Waals surface area (Å²) >= 11 is 4.28. The third-order valence-electron chi connectivity index (χ3n) is 5.98. The summed E-state index contributed by atoms with van der Waals surface area (Å²) < 4.78 is 0. The number of carbonyl (C=O) groups excluding carboxylic acids is 2. The van der Waals surface area contributed by atoms with Gasteiger partial charge in [0.1, 0.15) is 12.2 Å². The van der Waals surface area contributed by atoms with Crippen molar-refractivity contribution in [3.05, 3.63) is 70.8 Å². The van der Waals surface area contributed by atoms with E-state index in [1.165, 1.54) is 6.07 Å².